The molecule has 5 rings (SSSR count). The van der Waals surface area contributed by atoms with Crippen LogP contribution in [0.5, 0.6) is 0 Å². The number of benzene rings is 1. The van der Waals surface area contributed by atoms with Gasteiger partial charge in [-0.25, -0.2) is 9.07 Å². The summed E-state index contributed by atoms with van der Waals surface area (Å²) >= 11 is 5.81. The van der Waals surface area contributed by atoms with E-state index in [4.69, 9.17) is 17.3 Å². The van der Waals surface area contributed by atoms with Crippen LogP contribution >= 0.6 is 12.2 Å². The van der Waals surface area contributed by atoms with Crippen molar-refractivity contribution in [3.05, 3.63) is 89.5 Å². The highest BCUT2D eigenvalue weighted by atomic mass is 32.1. The predicted molar refractivity (Wildman–Crippen MR) is 127 cm³/mol. The minimum Gasteiger partial charge on any atom is -0.295 e. The van der Waals surface area contributed by atoms with Crippen molar-refractivity contribution >= 4 is 12.2 Å². The molecule has 9 heteroatoms. The van der Waals surface area contributed by atoms with Gasteiger partial charge in [0, 0.05) is 56.9 Å². The van der Waals surface area contributed by atoms with Gasteiger partial charge in [0.1, 0.15) is 5.82 Å². The van der Waals surface area contributed by atoms with Gasteiger partial charge in [-0.05, 0) is 60.7 Å². The van der Waals surface area contributed by atoms with Crippen molar-refractivity contribution in [3.8, 4) is 17.1 Å². The Bertz CT molecular complexity index is 1250. The van der Waals surface area contributed by atoms with Gasteiger partial charge in [-0.3, -0.25) is 24.3 Å². The van der Waals surface area contributed by atoms with Gasteiger partial charge in [-0.1, -0.05) is 6.07 Å². The molecule has 33 heavy (non-hydrogen) atoms. The summed E-state index contributed by atoms with van der Waals surface area (Å²) in [6, 6.07) is 16.1. The van der Waals surface area contributed by atoms with Crippen LogP contribution in [-0.4, -0.2) is 60.3 Å². The quantitative estimate of drug-likeness (QED) is 0.408. The van der Waals surface area contributed by atoms with Crippen LogP contribution in [0.2, 0.25) is 0 Å². The molecule has 0 unspecified atom stereocenters. The molecule has 3 aromatic heterocycles. The molecule has 0 amide bonds. The largest absolute Gasteiger partial charge is 0.295 e. The van der Waals surface area contributed by atoms with Gasteiger partial charge in [-0.2, -0.15) is 0 Å². The first-order valence-corrected chi connectivity index (χ1v) is 11.3. The number of pyridine rings is 2. The zero-order chi connectivity index (χ0) is 22.6. The second-order valence-corrected chi connectivity index (χ2v) is 8.38. The fourth-order valence-electron chi connectivity index (χ4n) is 4.01. The van der Waals surface area contributed by atoms with Crippen molar-refractivity contribution in [1.29, 1.82) is 0 Å². The molecule has 1 aliphatic rings. The molecule has 7 nitrogen and oxygen atoms in total. The van der Waals surface area contributed by atoms with E-state index in [0.717, 1.165) is 49.7 Å². The summed E-state index contributed by atoms with van der Waals surface area (Å²) in [6.07, 6.45) is 5.30. The Hall–Kier alpha value is -3.27. The Morgan fingerprint density at radius 3 is 2.27 bits per heavy atom. The van der Waals surface area contributed by atoms with Crippen LogP contribution in [0.1, 0.15) is 5.69 Å². The fourth-order valence-corrected chi connectivity index (χ4v) is 4.30. The van der Waals surface area contributed by atoms with Crippen molar-refractivity contribution in [3.63, 3.8) is 0 Å². The molecule has 0 aliphatic carbocycles. The van der Waals surface area contributed by atoms with Gasteiger partial charge in [0.15, 0.2) is 5.82 Å². The molecule has 0 radical (unpaired) electrons. The number of aromatic nitrogens is 5. The number of piperazine rings is 1. The molecule has 4 aromatic rings. The van der Waals surface area contributed by atoms with E-state index in [2.05, 4.69) is 25.8 Å². The fraction of sp³-hybridized carbons (Fsp3) is 0.250. The summed E-state index contributed by atoms with van der Waals surface area (Å²) in [6.45, 7) is 5.22. The third kappa shape index (κ3) is 4.90. The number of rotatable bonds is 6. The number of hydrogen-bond acceptors (Lipinski definition) is 6. The van der Waals surface area contributed by atoms with Crippen LogP contribution < -0.4 is 0 Å². The molecule has 0 spiro atoms. The van der Waals surface area contributed by atoms with Crippen molar-refractivity contribution in [1.82, 2.24) is 34.1 Å². The molecule has 1 aliphatic heterocycles. The molecule has 4 heterocycles. The Balaban J connectivity index is 1.36. The lowest BCUT2D eigenvalue weighted by atomic mass is 10.2. The lowest BCUT2D eigenvalue weighted by Gasteiger charge is -2.34. The van der Waals surface area contributed by atoms with Crippen LogP contribution in [0.25, 0.3) is 17.1 Å². The third-order valence-electron chi connectivity index (χ3n) is 5.77. The number of halogens is 1. The van der Waals surface area contributed by atoms with E-state index in [-0.39, 0.29) is 5.82 Å². The van der Waals surface area contributed by atoms with Crippen LogP contribution in [-0.2, 0) is 13.2 Å². The molecule has 168 valence electrons. The summed E-state index contributed by atoms with van der Waals surface area (Å²) in [4.78, 5) is 13.3. The van der Waals surface area contributed by atoms with Crippen LogP contribution in [0.3, 0.4) is 0 Å². The maximum Gasteiger partial charge on any atom is 0.204 e. The van der Waals surface area contributed by atoms with Crippen LogP contribution in [0, 0.1) is 10.6 Å². The van der Waals surface area contributed by atoms with Crippen LogP contribution in [0.4, 0.5) is 4.39 Å². The lowest BCUT2D eigenvalue weighted by Crippen LogP contribution is -2.46. The highest BCUT2D eigenvalue weighted by Gasteiger charge is 2.20. The Kier molecular flexibility index (Phi) is 6.34. The average Bonchev–Trinajstić information content (AvgIpc) is 3.18. The summed E-state index contributed by atoms with van der Waals surface area (Å²) in [7, 11) is 0. The van der Waals surface area contributed by atoms with Crippen molar-refractivity contribution in [2.45, 2.75) is 13.2 Å². The first-order chi connectivity index (χ1) is 16.2. The minimum atomic E-state index is -0.285. The summed E-state index contributed by atoms with van der Waals surface area (Å²) < 4.78 is 17.8. The van der Waals surface area contributed by atoms with Gasteiger partial charge in [0.25, 0.3) is 0 Å². The summed E-state index contributed by atoms with van der Waals surface area (Å²) in [5.41, 5.74) is 2.77. The standard InChI is InChI=1S/C24H24FN7S/c25-20-4-6-22(7-5-20)32-23(19-8-11-26-12-9-19)28-31(24(32)33)18-30-15-13-29(14-16-30)17-21-3-1-2-10-27-21/h1-12H,13-18H2. The van der Waals surface area contributed by atoms with E-state index in [0.29, 0.717) is 17.3 Å². The normalized spacial score (nSPS) is 15.1. The first-order valence-electron chi connectivity index (χ1n) is 10.9. The molecule has 0 saturated carbocycles. The lowest BCUT2D eigenvalue weighted by molar-refractivity contribution is 0.0974. The third-order valence-corrected chi connectivity index (χ3v) is 6.17. The zero-order valence-corrected chi connectivity index (χ0v) is 18.9. The SMILES string of the molecule is Fc1ccc(-n2c(-c3ccncc3)nn(CN3CCN(Cc4ccccn4)CC3)c2=S)cc1. The molecule has 1 fully saturated rings. The maximum atomic E-state index is 13.5. The van der Waals surface area contributed by atoms with Gasteiger partial charge < -0.3 is 0 Å². The van der Waals surface area contributed by atoms with Crippen molar-refractivity contribution in [2.75, 3.05) is 26.2 Å². The van der Waals surface area contributed by atoms with Crippen molar-refractivity contribution < 1.29 is 4.39 Å². The van der Waals surface area contributed by atoms with E-state index in [1.54, 1.807) is 24.5 Å². The summed E-state index contributed by atoms with van der Waals surface area (Å²) in [5, 5.41) is 4.85. The van der Waals surface area contributed by atoms with E-state index >= 15 is 0 Å². The smallest absolute Gasteiger partial charge is 0.204 e. The van der Waals surface area contributed by atoms with E-state index in [1.807, 2.05) is 39.7 Å². The Labute approximate surface area is 196 Å². The van der Waals surface area contributed by atoms with Gasteiger partial charge in [0.2, 0.25) is 4.77 Å². The first kappa shape index (κ1) is 21.6. The van der Waals surface area contributed by atoms with E-state index in [1.165, 1.54) is 12.1 Å². The predicted octanol–water partition coefficient (Wildman–Crippen LogP) is 3.77. The number of hydrogen-bond donors (Lipinski definition) is 0. The molecular weight excluding hydrogens is 437 g/mol. The molecule has 1 aromatic carbocycles. The highest BCUT2D eigenvalue weighted by Crippen LogP contribution is 2.23. The van der Waals surface area contributed by atoms with Crippen molar-refractivity contribution in [2.24, 2.45) is 0 Å². The topological polar surface area (TPSA) is 55.0 Å². The zero-order valence-electron chi connectivity index (χ0n) is 18.1. The average molecular weight is 462 g/mol. The second kappa shape index (κ2) is 9.70. The van der Waals surface area contributed by atoms with E-state index < -0.39 is 0 Å². The molecule has 0 bridgehead atoms. The van der Waals surface area contributed by atoms with Gasteiger partial charge >= 0.3 is 0 Å². The van der Waals surface area contributed by atoms with Gasteiger partial charge in [0.05, 0.1) is 18.1 Å². The summed E-state index contributed by atoms with van der Waals surface area (Å²) in [5.74, 6) is 0.425. The molecule has 0 N–H and O–H groups in total. The molecule has 1 saturated heterocycles. The Morgan fingerprint density at radius 2 is 1.58 bits per heavy atom. The molecule has 0 atom stereocenters. The maximum absolute atomic E-state index is 13.5. The van der Waals surface area contributed by atoms with Gasteiger partial charge in [-0.15, -0.1) is 5.10 Å². The number of nitrogens with zero attached hydrogens (tertiary/aromatic N) is 7. The Morgan fingerprint density at radius 1 is 0.848 bits per heavy atom. The monoisotopic (exact) mass is 461 g/mol. The highest BCUT2D eigenvalue weighted by molar-refractivity contribution is 7.71. The molecular formula is C24H24FN7S. The van der Waals surface area contributed by atoms with Crippen LogP contribution in [0.15, 0.2) is 73.2 Å². The van der Waals surface area contributed by atoms with E-state index in [9.17, 15) is 4.39 Å². The minimum absolute atomic E-state index is 0.285. The second-order valence-electron chi connectivity index (χ2n) is 8.01.